The zero-order valence-electron chi connectivity index (χ0n) is 12.5. The van der Waals surface area contributed by atoms with Gasteiger partial charge in [-0.2, -0.15) is 0 Å². The predicted octanol–water partition coefficient (Wildman–Crippen LogP) is 2.43. The van der Waals surface area contributed by atoms with Crippen molar-refractivity contribution in [3.8, 4) is 0 Å². The van der Waals surface area contributed by atoms with E-state index in [2.05, 4.69) is 27.5 Å². The van der Waals surface area contributed by atoms with Gasteiger partial charge in [-0.1, -0.05) is 26.2 Å². The fourth-order valence-corrected chi connectivity index (χ4v) is 3.03. The summed E-state index contributed by atoms with van der Waals surface area (Å²) < 4.78 is 0. The molecule has 1 aromatic rings. The molecular formula is C15H26N4O. The predicted molar refractivity (Wildman–Crippen MR) is 82.0 cm³/mol. The number of aliphatic hydroxyl groups is 1. The second-order valence-electron chi connectivity index (χ2n) is 5.53. The van der Waals surface area contributed by atoms with Crippen molar-refractivity contribution in [2.24, 2.45) is 5.92 Å². The first-order valence-corrected chi connectivity index (χ1v) is 7.69. The Balaban J connectivity index is 2.18. The molecule has 112 valence electrons. The molecule has 0 amide bonds. The third kappa shape index (κ3) is 3.39. The van der Waals surface area contributed by atoms with Gasteiger partial charge in [0.1, 0.15) is 18.0 Å². The van der Waals surface area contributed by atoms with Gasteiger partial charge in [0.25, 0.3) is 0 Å². The average molecular weight is 278 g/mol. The smallest absolute Gasteiger partial charge is 0.134 e. The van der Waals surface area contributed by atoms with Crippen molar-refractivity contribution in [1.82, 2.24) is 9.97 Å². The van der Waals surface area contributed by atoms with Gasteiger partial charge in [0.15, 0.2) is 0 Å². The maximum Gasteiger partial charge on any atom is 0.134 e. The Morgan fingerprint density at radius 3 is 2.70 bits per heavy atom. The number of nitrogens with zero attached hydrogens (tertiary/aromatic N) is 2. The van der Waals surface area contributed by atoms with E-state index in [1.54, 1.807) is 6.33 Å². The molecule has 1 fully saturated rings. The standard InChI is InChI=1S/C15H26N4O/c1-3-6-12-14(16-2)17-10-18-15(12)19-13-8-5-4-7-11(13)9-20/h10-11,13,20H,3-9H2,1-2H3,(H2,16,17,18,19). The van der Waals surface area contributed by atoms with Crippen LogP contribution in [-0.2, 0) is 6.42 Å². The second kappa shape index (κ2) is 7.43. The molecule has 1 saturated carbocycles. The quantitative estimate of drug-likeness (QED) is 0.745. The first kappa shape index (κ1) is 15.0. The minimum Gasteiger partial charge on any atom is -0.396 e. The zero-order valence-corrected chi connectivity index (χ0v) is 12.5. The molecule has 0 bridgehead atoms. The van der Waals surface area contributed by atoms with Gasteiger partial charge in [-0.15, -0.1) is 0 Å². The molecule has 1 aromatic heterocycles. The van der Waals surface area contributed by atoms with Gasteiger partial charge < -0.3 is 15.7 Å². The molecule has 0 radical (unpaired) electrons. The summed E-state index contributed by atoms with van der Waals surface area (Å²) in [5.74, 6) is 2.17. The Kier molecular flexibility index (Phi) is 5.59. The number of hydrogen-bond donors (Lipinski definition) is 3. The van der Waals surface area contributed by atoms with Crippen LogP contribution >= 0.6 is 0 Å². The van der Waals surface area contributed by atoms with Crippen LogP contribution in [0.25, 0.3) is 0 Å². The number of aromatic nitrogens is 2. The van der Waals surface area contributed by atoms with E-state index in [1.807, 2.05) is 7.05 Å². The molecule has 0 spiro atoms. The lowest BCUT2D eigenvalue weighted by molar-refractivity contribution is 0.178. The van der Waals surface area contributed by atoms with Crippen LogP contribution in [0.3, 0.4) is 0 Å². The van der Waals surface area contributed by atoms with E-state index < -0.39 is 0 Å². The molecule has 1 aliphatic rings. The van der Waals surface area contributed by atoms with E-state index in [1.165, 1.54) is 12.8 Å². The number of hydrogen-bond acceptors (Lipinski definition) is 5. The van der Waals surface area contributed by atoms with E-state index in [0.29, 0.717) is 12.0 Å². The van der Waals surface area contributed by atoms with Gasteiger partial charge in [-0.3, -0.25) is 0 Å². The summed E-state index contributed by atoms with van der Waals surface area (Å²) in [4.78, 5) is 8.72. The van der Waals surface area contributed by atoms with Crippen LogP contribution in [0.4, 0.5) is 11.6 Å². The van der Waals surface area contributed by atoms with Gasteiger partial charge in [0.2, 0.25) is 0 Å². The molecule has 1 aliphatic carbocycles. The highest BCUT2D eigenvalue weighted by atomic mass is 16.3. The summed E-state index contributed by atoms with van der Waals surface area (Å²) in [6, 6.07) is 0.323. The van der Waals surface area contributed by atoms with Crippen molar-refractivity contribution in [2.45, 2.75) is 51.5 Å². The minimum absolute atomic E-state index is 0.255. The van der Waals surface area contributed by atoms with Crippen LogP contribution in [0.1, 0.15) is 44.6 Å². The van der Waals surface area contributed by atoms with Crippen molar-refractivity contribution < 1.29 is 5.11 Å². The Labute approximate surface area is 121 Å². The molecule has 20 heavy (non-hydrogen) atoms. The molecule has 2 unspecified atom stereocenters. The SMILES string of the molecule is CCCc1c(NC)ncnc1NC1CCCCC1CO. The van der Waals surface area contributed by atoms with Crippen molar-refractivity contribution in [3.63, 3.8) is 0 Å². The van der Waals surface area contributed by atoms with Crippen LogP contribution in [-0.4, -0.2) is 34.8 Å². The number of nitrogens with one attached hydrogen (secondary N) is 2. The molecule has 3 N–H and O–H groups in total. The van der Waals surface area contributed by atoms with Crippen molar-refractivity contribution >= 4 is 11.6 Å². The number of anilines is 2. The Morgan fingerprint density at radius 1 is 1.25 bits per heavy atom. The van der Waals surface area contributed by atoms with Crippen LogP contribution < -0.4 is 10.6 Å². The van der Waals surface area contributed by atoms with Crippen molar-refractivity contribution in [2.75, 3.05) is 24.3 Å². The number of aliphatic hydroxyl groups excluding tert-OH is 1. The molecule has 5 nitrogen and oxygen atoms in total. The molecule has 2 atom stereocenters. The summed E-state index contributed by atoms with van der Waals surface area (Å²) in [5.41, 5.74) is 1.15. The third-order valence-electron chi connectivity index (χ3n) is 4.15. The Hall–Kier alpha value is -1.36. The maximum absolute atomic E-state index is 9.53. The lowest BCUT2D eigenvalue weighted by Gasteiger charge is -2.32. The fourth-order valence-electron chi connectivity index (χ4n) is 3.03. The van der Waals surface area contributed by atoms with E-state index in [9.17, 15) is 5.11 Å². The molecule has 0 saturated heterocycles. The Morgan fingerprint density at radius 2 is 2.00 bits per heavy atom. The first-order valence-electron chi connectivity index (χ1n) is 7.69. The van der Waals surface area contributed by atoms with E-state index in [-0.39, 0.29) is 6.61 Å². The average Bonchev–Trinajstić information content (AvgIpc) is 2.49. The van der Waals surface area contributed by atoms with Gasteiger partial charge >= 0.3 is 0 Å². The summed E-state index contributed by atoms with van der Waals surface area (Å²) in [6.07, 6.45) is 8.26. The van der Waals surface area contributed by atoms with Gasteiger partial charge in [-0.05, 0) is 19.3 Å². The van der Waals surface area contributed by atoms with E-state index in [4.69, 9.17) is 0 Å². The largest absolute Gasteiger partial charge is 0.396 e. The second-order valence-corrected chi connectivity index (χ2v) is 5.53. The third-order valence-corrected chi connectivity index (χ3v) is 4.15. The zero-order chi connectivity index (χ0) is 14.4. The lowest BCUT2D eigenvalue weighted by Crippen LogP contribution is -2.35. The normalized spacial score (nSPS) is 22.6. The van der Waals surface area contributed by atoms with E-state index >= 15 is 0 Å². The molecule has 1 heterocycles. The minimum atomic E-state index is 0.255. The van der Waals surface area contributed by atoms with Crippen LogP contribution in [0, 0.1) is 5.92 Å². The Bertz CT molecular complexity index is 424. The maximum atomic E-state index is 9.53. The molecule has 5 heteroatoms. The van der Waals surface area contributed by atoms with Crippen molar-refractivity contribution in [3.05, 3.63) is 11.9 Å². The first-order chi connectivity index (χ1) is 9.80. The molecule has 0 aromatic carbocycles. The summed E-state index contributed by atoms with van der Waals surface area (Å²) in [7, 11) is 1.89. The van der Waals surface area contributed by atoms with Gasteiger partial charge in [0.05, 0.1) is 0 Å². The summed E-state index contributed by atoms with van der Waals surface area (Å²) >= 11 is 0. The van der Waals surface area contributed by atoms with Crippen LogP contribution in [0.15, 0.2) is 6.33 Å². The topological polar surface area (TPSA) is 70.1 Å². The lowest BCUT2D eigenvalue weighted by atomic mass is 9.85. The fraction of sp³-hybridized carbons (Fsp3) is 0.733. The molecular weight excluding hydrogens is 252 g/mol. The highest BCUT2D eigenvalue weighted by Crippen LogP contribution is 2.29. The monoisotopic (exact) mass is 278 g/mol. The van der Waals surface area contributed by atoms with Crippen LogP contribution in [0.5, 0.6) is 0 Å². The summed E-state index contributed by atoms with van der Waals surface area (Å²) in [5, 5.41) is 16.2. The highest BCUT2D eigenvalue weighted by Gasteiger charge is 2.25. The van der Waals surface area contributed by atoms with Gasteiger partial charge in [-0.25, -0.2) is 9.97 Å². The number of rotatable bonds is 6. The van der Waals surface area contributed by atoms with Crippen molar-refractivity contribution in [1.29, 1.82) is 0 Å². The molecule has 2 rings (SSSR count). The van der Waals surface area contributed by atoms with E-state index in [0.717, 1.165) is 42.9 Å². The highest BCUT2D eigenvalue weighted by molar-refractivity contribution is 5.57. The van der Waals surface area contributed by atoms with Gasteiger partial charge in [0, 0.05) is 31.2 Å². The summed E-state index contributed by atoms with van der Waals surface area (Å²) in [6.45, 7) is 2.41. The van der Waals surface area contributed by atoms with Crippen LogP contribution in [0.2, 0.25) is 0 Å². The molecule has 0 aliphatic heterocycles.